The molecule has 8 heteroatoms. The number of para-hydroxylation sites is 2. The predicted octanol–water partition coefficient (Wildman–Crippen LogP) is 5.02. The van der Waals surface area contributed by atoms with Crippen molar-refractivity contribution in [2.24, 2.45) is 5.92 Å². The van der Waals surface area contributed by atoms with Crippen molar-refractivity contribution in [2.45, 2.75) is 56.4 Å². The van der Waals surface area contributed by atoms with Gasteiger partial charge in [-0.1, -0.05) is 26.0 Å². The summed E-state index contributed by atoms with van der Waals surface area (Å²) >= 11 is 0. The Bertz CT molecular complexity index is 1470. The molecule has 0 radical (unpaired) electrons. The first-order valence-corrected chi connectivity index (χ1v) is 13.5. The van der Waals surface area contributed by atoms with Gasteiger partial charge in [0.2, 0.25) is 16.0 Å². The van der Waals surface area contributed by atoms with Crippen LogP contribution in [0.4, 0.5) is 5.95 Å². The van der Waals surface area contributed by atoms with Crippen LogP contribution in [0.2, 0.25) is 0 Å². The van der Waals surface area contributed by atoms with E-state index >= 15 is 0 Å². The average Bonchev–Trinajstić information content (AvgIpc) is 3.47. The number of nitrogens with one attached hydrogen (secondary N) is 3. The molecule has 0 aliphatic heterocycles. The monoisotopic (exact) mass is 475 g/mol. The molecule has 1 atom stereocenters. The molecule has 1 fully saturated rings. The molecule has 3 N–H and O–H groups in total. The smallest absolute Gasteiger partial charge is 0.241 e. The molecule has 2 aliphatic carbocycles. The van der Waals surface area contributed by atoms with Gasteiger partial charge < -0.3 is 10.3 Å². The van der Waals surface area contributed by atoms with Crippen LogP contribution in [0.25, 0.3) is 21.8 Å². The number of sulfonamides is 1. The predicted molar refractivity (Wildman–Crippen MR) is 135 cm³/mol. The second kappa shape index (κ2) is 8.06. The summed E-state index contributed by atoms with van der Waals surface area (Å²) in [6, 6.07) is 11.8. The van der Waals surface area contributed by atoms with Gasteiger partial charge in [-0.05, 0) is 67.0 Å². The van der Waals surface area contributed by atoms with Crippen LogP contribution in [0.1, 0.15) is 61.9 Å². The fraction of sp³-hybridized carbons (Fsp3) is 0.385. The summed E-state index contributed by atoms with van der Waals surface area (Å²) in [7, 11) is -3.67. The van der Waals surface area contributed by atoms with Gasteiger partial charge in [-0.15, -0.1) is 0 Å². The first-order chi connectivity index (χ1) is 16.4. The molecular weight excluding hydrogens is 446 g/mol. The summed E-state index contributed by atoms with van der Waals surface area (Å²) in [6.07, 6.45) is 5.89. The molecule has 1 saturated carbocycles. The number of aryl methyl sites for hydroxylation is 1. The van der Waals surface area contributed by atoms with E-state index in [-0.39, 0.29) is 12.0 Å². The number of aromatic nitrogens is 3. The van der Waals surface area contributed by atoms with E-state index in [2.05, 4.69) is 20.0 Å². The number of benzene rings is 2. The van der Waals surface area contributed by atoms with Gasteiger partial charge in [-0.3, -0.25) is 4.98 Å². The lowest BCUT2D eigenvalue weighted by Crippen LogP contribution is -2.28. The highest BCUT2D eigenvalue weighted by Crippen LogP contribution is 2.44. The second-order valence-corrected chi connectivity index (χ2v) is 11.7. The SMILES string of the molecule is CC(C)CNS(=O)(=O)c1cc2c(c3cnc(C4CC4)cc13)CCC2Nc1nc2ccccc2[nH]1. The largest absolute Gasteiger partial charge is 0.349 e. The van der Waals surface area contributed by atoms with Crippen LogP contribution >= 0.6 is 0 Å². The average molecular weight is 476 g/mol. The lowest BCUT2D eigenvalue weighted by atomic mass is 10.0. The second-order valence-electron chi connectivity index (χ2n) is 9.96. The summed E-state index contributed by atoms with van der Waals surface area (Å²) in [5.41, 5.74) is 5.07. The number of nitrogens with zero attached hydrogens (tertiary/aromatic N) is 2. The molecule has 0 spiro atoms. The van der Waals surface area contributed by atoms with E-state index in [1.165, 1.54) is 5.56 Å². The maximum absolute atomic E-state index is 13.5. The Morgan fingerprint density at radius 1 is 1.12 bits per heavy atom. The fourth-order valence-corrected chi connectivity index (χ4v) is 6.38. The van der Waals surface area contributed by atoms with Gasteiger partial charge in [0.15, 0.2) is 0 Å². The third-order valence-corrected chi connectivity index (χ3v) is 8.34. The van der Waals surface area contributed by atoms with Gasteiger partial charge in [0, 0.05) is 35.1 Å². The van der Waals surface area contributed by atoms with Crippen LogP contribution in [0.5, 0.6) is 0 Å². The molecule has 176 valence electrons. The summed E-state index contributed by atoms with van der Waals surface area (Å²) in [4.78, 5) is 13.1. The van der Waals surface area contributed by atoms with E-state index in [1.54, 1.807) is 0 Å². The highest BCUT2D eigenvalue weighted by molar-refractivity contribution is 7.89. The van der Waals surface area contributed by atoms with E-state index < -0.39 is 10.0 Å². The fourth-order valence-electron chi connectivity index (χ4n) is 4.93. The lowest BCUT2D eigenvalue weighted by Gasteiger charge is -2.18. The van der Waals surface area contributed by atoms with Crippen LogP contribution in [-0.2, 0) is 16.4 Å². The minimum atomic E-state index is -3.67. The van der Waals surface area contributed by atoms with Crippen molar-refractivity contribution in [1.29, 1.82) is 0 Å². The molecule has 4 aromatic rings. The number of hydrogen-bond acceptors (Lipinski definition) is 5. The summed E-state index contributed by atoms with van der Waals surface area (Å²) in [5, 5.41) is 5.25. The summed E-state index contributed by atoms with van der Waals surface area (Å²) in [5.74, 6) is 1.38. The molecule has 2 heterocycles. The molecule has 2 aliphatic rings. The van der Waals surface area contributed by atoms with Crippen molar-refractivity contribution >= 4 is 37.8 Å². The van der Waals surface area contributed by atoms with Gasteiger partial charge in [0.1, 0.15) is 0 Å². The molecule has 6 rings (SSSR count). The van der Waals surface area contributed by atoms with Crippen molar-refractivity contribution in [3.63, 3.8) is 0 Å². The van der Waals surface area contributed by atoms with Crippen LogP contribution in [0, 0.1) is 5.92 Å². The zero-order valence-corrected chi connectivity index (χ0v) is 20.2. The van der Waals surface area contributed by atoms with E-state index in [0.717, 1.165) is 58.7 Å². The molecule has 7 nitrogen and oxygen atoms in total. The number of fused-ring (bicyclic) bond motifs is 4. The Hall–Kier alpha value is -2.97. The number of anilines is 1. The molecule has 2 aromatic carbocycles. The summed E-state index contributed by atoms with van der Waals surface area (Å²) < 4.78 is 29.7. The topological polar surface area (TPSA) is 99.8 Å². The lowest BCUT2D eigenvalue weighted by molar-refractivity contribution is 0.561. The Morgan fingerprint density at radius 2 is 1.94 bits per heavy atom. The standard InChI is InChI=1S/C26H29N5O2S/c1-15(2)13-28-34(32,33)25-12-18-17(20-14-27-24(11-19(20)25)16-7-8-16)9-10-21(18)29-26-30-22-5-3-4-6-23(22)31-26/h3-6,11-12,14-16,21,28H,7-10,13H2,1-2H3,(H2,29,30,31). The first kappa shape index (κ1) is 21.6. The van der Waals surface area contributed by atoms with Crippen LogP contribution in [0.15, 0.2) is 47.5 Å². The number of imidazole rings is 1. The number of H-pyrrole nitrogens is 1. The number of pyridine rings is 1. The van der Waals surface area contributed by atoms with Gasteiger partial charge >= 0.3 is 0 Å². The van der Waals surface area contributed by atoms with E-state index in [0.29, 0.717) is 23.3 Å². The van der Waals surface area contributed by atoms with Gasteiger partial charge in [0.05, 0.1) is 22.0 Å². The van der Waals surface area contributed by atoms with Crippen LogP contribution in [0.3, 0.4) is 0 Å². The number of aromatic amines is 1. The maximum atomic E-state index is 13.5. The molecular formula is C26H29N5O2S. The summed E-state index contributed by atoms with van der Waals surface area (Å²) in [6.45, 7) is 4.42. The van der Waals surface area contributed by atoms with E-state index in [1.807, 2.05) is 56.4 Å². The minimum absolute atomic E-state index is 0.0258. The Labute approximate surface area is 199 Å². The molecule has 0 bridgehead atoms. The zero-order chi connectivity index (χ0) is 23.4. The zero-order valence-electron chi connectivity index (χ0n) is 19.4. The molecule has 0 amide bonds. The minimum Gasteiger partial charge on any atom is -0.349 e. The van der Waals surface area contributed by atoms with Gasteiger partial charge in [-0.25, -0.2) is 18.1 Å². The Kier molecular flexibility index (Phi) is 5.11. The molecule has 1 unspecified atom stereocenters. The highest BCUT2D eigenvalue weighted by atomic mass is 32.2. The van der Waals surface area contributed by atoms with Crippen LogP contribution in [-0.4, -0.2) is 29.9 Å². The quantitative estimate of drug-likeness (QED) is 0.348. The Morgan fingerprint density at radius 3 is 2.71 bits per heavy atom. The third kappa shape index (κ3) is 3.84. The molecule has 0 saturated heterocycles. The third-order valence-electron chi connectivity index (χ3n) is 6.88. The van der Waals surface area contributed by atoms with E-state index in [4.69, 9.17) is 4.98 Å². The number of hydrogen-bond donors (Lipinski definition) is 3. The van der Waals surface area contributed by atoms with E-state index in [9.17, 15) is 8.42 Å². The van der Waals surface area contributed by atoms with Gasteiger partial charge in [0.25, 0.3) is 0 Å². The van der Waals surface area contributed by atoms with Crippen molar-refractivity contribution in [2.75, 3.05) is 11.9 Å². The van der Waals surface area contributed by atoms with Gasteiger partial charge in [-0.2, -0.15) is 0 Å². The molecule has 34 heavy (non-hydrogen) atoms. The van der Waals surface area contributed by atoms with Crippen molar-refractivity contribution in [3.8, 4) is 0 Å². The normalized spacial score (nSPS) is 18.1. The van der Waals surface area contributed by atoms with Crippen molar-refractivity contribution in [1.82, 2.24) is 19.7 Å². The van der Waals surface area contributed by atoms with Crippen molar-refractivity contribution < 1.29 is 8.42 Å². The van der Waals surface area contributed by atoms with Crippen molar-refractivity contribution in [3.05, 3.63) is 59.4 Å². The highest BCUT2D eigenvalue weighted by Gasteiger charge is 2.31. The maximum Gasteiger partial charge on any atom is 0.241 e. The van der Waals surface area contributed by atoms with Crippen LogP contribution < -0.4 is 10.0 Å². The number of rotatable bonds is 7. The molecule has 2 aromatic heterocycles. The first-order valence-electron chi connectivity index (χ1n) is 12.1. The Balaban J connectivity index is 1.45.